The lowest BCUT2D eigenvalue weighted by Gasteiger charge is -2.12. The van der Waals surface area contributed by atoms with Crippen LogP contribution in [0.3, 0.4) is 0 Å². The number of aromatic hydroxyl groups is 1. The Labute approximate surface area is 178 Å². The van der Waals surface area contributed by atoms with Gasteiger partial charge in [0.15, 0.2) is 0 Å². The number of imide groups is 1. The normalized spacial score (nSPS) is 15.2. The first kappa shape index (κ1) is 19.7. The van der Waals surface area contributed by atoms with Gasteiger partial charge in [-0.3, -0.25) is 19.7 Å². The predicted molar refractivity (Wildman–Crippen MR) is 112 cm³/mol. The molecule has 0 spiro atoms. The van der Waals surface area contributed by atoms with Crippen molar-refractivity contribution in [1.29, 1.82) is 0 Å². The fourth-order valence-corrected chi connectivity index (χ4v) is 3.93. The number of carbonyl (C=O) groups is 2. The van der Waals surface area contributed by atoms with Crippen LogP contribution in [0.15, 0.2) is 63.9 Å². The van der Waals surface area contributed by atoms with Crippen LogP contribution in [0.25, 0.3) is 17.4 Å². The van der Waals surface area contributed by atoms with Crippen LogP contribution < -0.4 is 4.90 Å². The van der Waals surface area contributed by atoms with E-state index in [4.69, 9.17) is 16.0 Å². The molecule has 1 aromatic heterocycles. The van der Waals surface area contributed by atoms with Crippen LogP contribution in [0.2, 0.25) is 5.02 Å². The standard InChI is InChI=1S/C20H11ClN2O6S/c21-16-9-12(23(27)28)4-6-15(16)17-7-5-14(29-17)10-18-19(25)22(20(26)30-18)11-2-1-3-13(24)8-11/h1-10,24H/b18-10-. The van der Waals surface area contributed by atoms with E-state index in [0.29, 0.717) is 17.1 Å². The van der Waals surface area contributed by atoms with Gasteiger partial charge in [-0.05, 0) is 42.1 Å². The summed E-state index contributed by atoms with van der Waals surface area (Å²) in [6.45, 7) is 0. The maximum atomic E-state index is 12.7. The zero-order valence-corrected chi connectivity index (χ0v) is 16.5. The van der Waals surface area contributed by atoms with E-state index in [9.17, 15) is 24.8 Å². The molecule has 1 aliphatic rings. The van der Waals surface area contributed by atoms with E-state index in [1.54, 1.807) is 18.2 Å². The number of phenols is 1. The van der Waals surface area contributed by atoms with Crippen molar-refractivity contribution in [2.24, 2.45) is 0 Å². The number of thioether (sulfide) groups is 1. The topological polar surface area (TPSA) is 114 Å². The summed E-state index contributed by atoms with van der Waals surface area (Å²) < 4.78 is 5.69. The lowest BCUT2D eigenvalue weighted by molar-refractivity contribution is -0.384. The Kier molecular flexibility index (Phi) is 5.06. The number of phenolic OH excluding ortho intramolecular Hbond substituents is 1. The molecule has 1 N–H and O–H groups in total. The second-order valence-electron chi connectivity index (χ2n) is 6.16. The molecule has 2 amide bonds. The Bertz CT molecular complexity index is 1240. The number of furan rings is 1. The van der Waals surface area contributed by atoms with Gasteiger partial charge in [-0.25, -0.2) is 4.90 Å². The number of halogens is 1. The highest BCUT2D eigenvalue weighted by Crippen LogP contribution is 2.38. The summed E-state index contributed by atoms with van der Waals surface area (Å²) in [4.78, 5) is 36.4. The second-order valence-corrected chi connectivity index (χ2v) is 7.56. The average molecular weight is 443 g/mol. The molecule has 0 unspecified atom stereocenters. The minimum atomic E-state index is -0.550. The number of benzene rings is 2. The van der Waals surface area contributed by atoms with E-state index < -0.39 is 16.1 Å². The van der Waals surface area contributed by atoms with Crippen molar-refractivity contribution in [2.75, 3.05) is 4.90 Å². The second kappa shape index (κ2) is 7.69. The molecule has 8 nitrogen and oxygen atoms in total. The van der Waals surface area contributed by atoms with Crippen LogP contribution in [0, 0.1) is 10.1 Å². The lowest BCUT2D eigenvalue weighted by Crippen LogP contribution is -2.27. The first-order valence-corrected chi connectivity index (χ1v) is 9.64. The van der Waals surface area contributed by atoms with Gasteiger partial charge in [0.1, 0.15) is 17.3 Å². The van der Waals surface area contributed by atoms with E-state index >= 15 is 0 Å². The maximum absolute atomic E-state index is 12.7. The highest BCUT2D eigenvalue weighted by molar-refractivity contribution is 8.19. The largest absolute Gasteiger partial charge is 0.508 e. The van der Waals surface area contributed by atoms with Gasteiger partial charge < -0.3 is 9.52 Å². The van der Waals surface area contributed by atoms with Crippen LogP contribution in [0.4, 0.5) is 16.2 Å². The summed E-state index contributed by atoms with van der Waals surface area (Å²) >= 11 is 6.87. The maximum Gasteiger partial charge on any atom is 0.298 e. The van der Waals surface area contributed by atoms with Gasteiger partial charge in [0.25, 0.3) is 16.8 Å². The molecule has 0 saturated carbocycles. The average Bonchev–Trinajstić information content (AvgIpc) is 3.26. The highest BCUT2D eigenvalue weighted by Gasteiger charge is 2.36. The summed E-state index contributed by atoms with van der Waals surface area (Å²) in [6, 6.07) is 13.0. The van der Waals surface area contributed by atoms with Crippen molar-refractivity contribution in [3.8, 4) is 17.1 Å². The van der Waals surface area contributed by atoms with Crippen molar-refractivity contribution in [3.63, 3.8) is 0 Å². The number of rotatable bonds is 4. The van der Waals surface area contributed by atoms with Crippen LogP contribution >= 0.6 is 23.4 Å². The smallest absolute Gasteiger partial charge is 0.298 e. The zero-order valence-electron chi connectivity index (χ0n) is 14.9. The lowest BCUT2D eigenvalue weighted by atomic mass is 10.1. The Balaban J connectivity index is 1.61. The van der Waals surface area contributed by atoms with Crippen LogP contribution in [0.1, 0.15) is 5.76 Å². The van der Waals surface area contributed by atoms with E-state index in [0.717, 1.165) is 16.7 Å². The van der Waals surface area contributed by atoms with Crippen molar-refractivity contribution >= 4 is 52.0 Å². The third kappa shape index (κ3) is 3.68. The van der Waals surface area contributed by atoms with Gasteiger partial charge >= 0.3 is 0 Å². The molecule has 10 heteroatoms. The van der Waals surface area contributed by atoms with Gasteiger partial charge in [-0.1, -0.05) is 17.7 Å². The number of nitro groups is 1. The van der Waals surface area contributed by atoms with Gasteiger partial charge in [-0.15, -0.1) is 0 Å². The number of nitro benzene ring substituents is 1. The quantitative estimate of drug-likeness (QED) is 0.324. The fraction of sp³-hybridized carbons (Fsp3) is 0. The Morgan fingerprint density at radius 1 is 1.13 bits per heavy atom. The molecule has 4 rings (SSSR count). The molecule has 150 valence electrons. The number of amides is 2. The number of hydrogen-bond acceptors (Lipinski definition) is 7. The molecule has 2 aromatic carbocycles. The summed E-state index contributed by atoms with van der Waals surface area (Å²) in [5.74, 6) is 0.0577. The van der Waals surface area contributed by atoms with Crippen LogP contribution in [-0.2, 0) is 4.79 Å². The van der Waals surface area contributed by atoms with Crippen molar-refractivity contribution < 1.29 is 24.0 Å². The first-order chi connectivity index (χ1) is 14.3. The molecule has 3 aromatic rings. The molecule has 1 aliphatic heterocycles. The molecule has 0 bridgehead atoms. The van der Waals surface area contributed by atoms with Gasteiger partial charge in [0, 0.05) is 29.8 Å². The van der Waals surface area contributed by atoms with Crippen LogP contribution in [0.5, 0.6) is 5.75 Å². The first-order valence-electron chi connectivity index (χ1n) is 8.44. The zero-order chi connectivity index (χ0) is 21.4. The highest BCUT2D eigenvalue weighted by atomic mass is 35.5. The van der Waals surface area contributed by atoms with Crippen molar-refractivity contribution in [3.05, 3.63) is 80.4 Å². The molecule has 0 aliphatic carbocycles. The van der Waals surface area contributed by atoms with Crippen LogP contribution in [-0.4, -0.2) is 21.2 Å². The minimum Gasteiger partial charge on any atom is -0.508 e. The number of nitrogens with zero attached hydrogens (tertiary/aromatic N) is 2. The fourth-order valence-electron chi connectivity index (χ4n) is 2.84. The monoisotopic (exact) mass is 442 g/mol. The summed E-state index contributed by atoms with van der Waals surface area (Å²) in [7, 11) is 0. The minimum absolute atomic E-state index is 0.0637. The number of non-ortho nitro benzene ring substituents is 1. The van der Waals surface area contributed by atoms with Crippen molar-refractivity contribution in [1.82, 2.24) is 0 Å². The van der Waals surface area contributed by atoms with E-state index in [2.05, 4.69) is 0 Å². The van der Waals surface area contributed by atoms with E-state index in [1.807, 2.05) is 0 Å². The summed E-state index contributed by atoms with van der Waals surface area (Å²) in [6.07, 6.45) is 1.43. The Hall–Kier alpha value is -3.56. The van der Waals surface area contributed by atoms with Gasteiger partial charge in [-0.2, -0.15) is 0 Å². The number of anilines is 1. The Morgan fingerprint density at radius 2 is 1.93 bits per heavy atom. The summed E-state index contributed by atoms with van der Waals surface area (Å²) in [5, 5.41) is 20.1. The molecule has 30 heavy (non-hydrogen) atoms. The molecule has 2 heterocycles. The predicted octanol–water partition coefficient (Wildman–Crippen LogP) is 5.45. The molecule has 0 atom stereocenters. The van der Waals surface area contributed by atoms with E-state index in [1.165, 1.54) is 42.5 Å². The third-order valence-electron chi connectivity index (χ3n) is 4.21. The Morgan fingerprint density at radius 3 is 2.63 bits per heavy atom. The molecular weight excluding hydrogens is 432 g/mol. The van der Waals surface area contributed by atoms with Gasteiger partial charge in [0.05, 0.1) is 20.5 Å². The SMILES string of the molecule is O=C1S/C(=C\c2ccc(-c3ccc([N+](=O)[O-])cc3Cl)o2)C(=O)N1c1cccc(O)c1. The number of carbonyl (C=O) groups excluding carboxylic acids is 2. The third-order valence-corrected chi connectivity index (χ3v) is 5.39. The number of hydrogen-bond donors (Lipinski definition) is 1. The summed E-state index contributed by atoms with van der Waals surface area (Å²) in [5.41, 5.74) is 0.574. The molecule has 1 saturated heterocycles. The van der Waals surface area contributed by atoms with E-state index in [-0.39, 0.29) is 27.1 Å². The molecule has 0 radical (unpaired) electrons. The molecule has 1 fully saturated rings. The molecular formula is C20H11ClN2O6S. The van der Waals surface area contributed by atoms with Crippen molar-refractivity contribution in [2.45, 2.75) is 0 Å². The van der Waals surface area contributed by atoms with Gasteiger partial charge in [0.2, 0.25) is 0 Å².